The SMILES string of the molecule is CC1(C)CC(OC(=O)c2ccc(-c3cccc4ccc(C(=O)OC5CC(C)(C)NC(C)(C)C5)cc34)cc2)CC(C)(C)N1. The number of esters is 2. The summed E-state index contributed by atoms with van der Waals surface area (Å²) in [6.45, 7) is 17.2. The van der Waals surface area contributed by atoms with Crippen LogP contribution in [0.15, 0.2) is 60.7 Å². The minimum atomic E-state index is -0.299. The van der Waals surface area contributed by atoms with Crippen LogP contribution in [-0.4, -0.2) is 46.3 Å². The van der Waals surface area contributed by atoms with Crippen molar-refractivity contribution in [3.8, 4) is 11.1 Å². The normalized spacial score (nSPS) is 21.5. The molecule has 0 amide bonds. The van der Waals surface area contributed by atoms with Crippen molar-refractivity contribution in [3.63, 3.8) is 0 Å². The van der Waals surface area contributed by atoms with E-state index in [0.29, 0.717) is 11.1 Å². The van der Waals surface area contributed by atoms with Crippen molar-refractivity contribution in [1.82, 2.24) is 10.6 Å². The molecule has 2 N–H and O–H groups in total. The summed E-state index contributed by atoms with van der Waals surface area (Å²) in [5, 5.41) is 9.27. The molecular weight excluding hydrogens is 524 g/mol. The Labute approximate surface area is 250 Å². The summed E-state index contributed by atoms with van der Waals surface area (Å²) in [6.07, 6.45) is 2.79. The van der Waals surface area contributed by atoms with E-state index in [4.69, 9.17) is 9.47 Å². The van der Waals surface area contributed by atoms with Crippen molar-refractivity contribution >= 4 is 22.7 Å². The predicted molar refractivity (Wildman–Crippen MR) is 169 cm³/mol. The molecule has 0 aromatic heterocycles. The molecule has 0 unspecified atom stereocenters. The summed E-state index contributed by atoms with van der Waals surface area (Å²) in [7, 11) is 0. The van der Waals surface area contributed by atoms with Crippen LogP contribution >= 0.6 is 0 Å². The number of hydrogen-bond acceptors (Lipinski definition) is 6. The largest absolute Gasteiger partial charge is 0.459 e. The van der Waals surface area contributed by atoms with Gasteiger partial charge in [0.2, 0.25) is 0 Å². The van der Waals surface area contributed by atoms with Crippen molar-refractivity contribution in [1.29, 1.82) is 0 Å². The first-order chi connectivity index (χ1) is 19.5. The van der Waals surface area contributed by atoms with Gasteiger partial charge in [0.15, 0.2) is 0 Å². The van der Waals surface area contributed by atoms with E-state index in [1.807, 2.05) is 60.7 Å². The molecule has 6 heteroatoms. The Morgan fingerprint density at radius 1 is 0.619 bits per heavy atom. The summed E-state index contributed by atoms with van der Waals surface area (Å²) in [5.41, 5.74) is 2.61. The van der Waals surface area contributed by atoms with Gasteiger partial charge in [-0.3, -0.25) is 0 Å². The molecule has 2 saturated heterocycles. The number of nitrogens with one attached hydrogen (secondary N) is 2. The molecule has 6 nitrogen and oxygen atoms in total. The zero-order chi connectivity index (χ0) is 30.5. The van der Waals surface area contributed by atoms with Crippen molar-refractivity contribution in [3.05, 3.63) is 71.8 Å². The van der Waals surface area contributed by atoms with Crippen LogP contribution in [0.5, 0.6) is 0 Å². The number of piperidine rings is 2. The maximum Gasteiger partial charge on any atom is 0.338 e. The summed E-state index contributed by atoms with van der Waals surface area (Å²) < 4.78 is 12.0. The third kappa shape index (κ3) is 7.04. The van der Waals surface area contributed by atoms with Crippen LogP contribution in [0.2, 0.25) is 0 Å². The highest BCUT2D eigenvalue weighted by molar-refractivity contribution is 6.02. The maximum atomic E-state index is 13.3. The van der Waals surface area contributed by atoms with Gasteiger partial charge in [-0.2, -0.15) is 0 Å². The molecule has 3 aromatic carbocycles. The monoisotopic (exact) mass is 570 g/mol. The maximum absolute atomic E-state index is 13.3. The first-order valence-corrected chi connectivity index (χ1v) is 15.1. The standard InChI is InChI=1S/C36H46N2O4/c1-33(2)19-27(20-34(3,4)37-33)41-31(39)25-15-12-24(13-16-25)29-11-9-10-23-14-17-26(18-30(23)29)32(40)42-28-21-35(5,6)38-36(7,8)22-28/h9-18,27-28,37-38H,19-22H2,1-8H3. The van der Waals surface area contributed by atoms with Crippen molar-refractivity contribution < 1.29 is 19.1 Å². The van der Waals surface area contributed by atoms with E-state index < -0.39 is 0 Å². The number of ether oxygens (including phenoxy) is 2. The van der Waals surface area contributed by atoms with Gasteiger partial charge in [-0.15, -0.1) is 0 Å². The van der Waals surface area contributed by atoms with Gasteiger partial charge in [0.25, 0.3) is 0 Å². The molecular formula is C36H46N2O4. The number of rotatable bonds is 5. The molecule has 2 fully saturated rings. The highest BCUT2D eigenvalue weighted by Crippen LogP contribution is 2.34. The fourth-order valence-corrected chi connectivity index (χ4v) is 7.50. The van der Waals surface area contributed by atoms with E-state index in [1.54, 1.807) is 0 Å². The number of hydrogen-bond donors (Lipinski definition) is 2. The molecule has 2 aliphatic heterocycles. The van der Waals surface area contributed by atoms with E-state index in [0.717, 1.165) is 47.6 Å². The van der Waals surface area contributed by atoms with E-state index in [1.165, 1.54) is 0 Å². The lowest BCUT2D eigenvalue weighted by Gasteiger charge is -2.45. The van der Waals surface area contributed by atoms with Gasteiger partial charge < -0.3 is 20.1 Å². The first kappa shape index (κ1) is 30.2. The van der Waals surface area contributed by atoms with Crippen LogP contribution in [0, 0.1) is 0 Å². The Hall–Kier alpha value is -3.22. The third-order valence-corrected chi connectivity index (χ3v) is 8.40. The smallest absolute Gasteiger partial charge is 0.338 e. The molecule has 224 valence electrons. The summed E-state index contributed by atoms with van der Waals surface area (Å²) in [5.74, 6) is -0.597. The Morgan fingerprint density at radius 2 is 1.07 bits per heavy atom. The Balaban J connectivity index is 1.33. The van der Waals surface area contributed by atoms with Gasteiger partial charge >= 0.3 is 11.9 Å². The molecule has 2 aliphatic rings. The average Bonchev–Trinajstić information content (AvgIpc) is 2.84. The van der Waals surface area contributed by atoms with Crippen LogP contribution in [0.4, 0.5) is 0 Å². The zero-order valence-corrected chi connectivity index (χ0v) is 26.4. The van der Waals surface area contributed by atoms with Gasteiger partial charge in [0.1, 0.15) is 12.2 Å². The lowest BCUT2D eigenvalue weighted by Crippen LogP contribution is -2.59. The van der Waals surface area contributed by atoms with Crippen LogP contribution in [0.1, 0.15) is 102 Å². The summed E-state index contributed by atoms with van der Waals surface area (Å²) in [4.78, 5) is 26.4. The fourth-order valence-electron chi connectivity index (χ4n) is 7.50. The quantitative estimate of drug-likeness (QED) is 0.311. The topological polar surface area (TPSA) is 76.7 Å². The average molecular weight is 571 g/mol. The van der Waals surface area contributed by atoms with E-state index in [2.05, 4.69) is 66.0 Å². The second-order valence-electron chi connectivity index (χ2n) is 15.0. The van der Waals surface area contributed by atoms with Crippen molar-refractivity contribution in [2.24, 2.45) is 0 Å². The van der Waals surface area contributed by atoms with Crippen molar-refractivity contribution in [2.45, 2.75) is 115 Å². The Bertz CT molecular complexity index is 1450. The summed E-state index contributed by atoms with van der Waals surface area (Å²) in [6, 6.07) is 19.4. The number of carbonyl (C=O) groups excluding carboxylic acids is 2. The second kappa shape index (κ2) is 10.8. The highest BCUT2D eigenvalue weighted by atomic mass is 16.5. The molecule has 42 heavy (non-hydrogen) atoms. The lowest BCUT2D eigenvalue weighted by molar-refractivity contribution is -0.00765. The Morgan fingerprint density at radius 3 is 1.57 bits per heavy atom. The number of fused-ring (bicyclic) bond motifs is 1. The van der Waals surface area contributed by atoms with Crippen LogP contribution in [0.25, 0.3) is 21.9 Å². The Kier molecular flexibility index (Phi) is 7.78. The number of benzene rings is 3. The van der Waals surface area contributed by atoms with E-state index in [-0.39, 0.29) is 46.3 Å². The zero-order valence-electron chi connectivity index (χ0n) is 26.4. The lowest BCUT2D eigenvalue weighted by atomic mass is 9.81. The van der Waals surface area contributed by atoms with Gasteiger partial charge in [-0.05, 0) is 102 Å². The van der Waals surface area contributed by atoms with Crippen LogP contribution in [0.3, 0.4) is 0 Å². The fraction of sp³-hybridized carbons (Fsp3) is 0.500. The van der Waals surface area contributed by atoms with Crippen LogP contribution in [-0.2, 0) is 9.47 Å². The van der Waals surface area contributed by atoms with E-state index in [9.17, 15) is 9.59 Å². The molecule has 5 rings (SSSR count). The molecule has 2 heterocycles. The van der Waals surface area contributed by atoms with Gasteiger partial charge in [0, 0.05) is 47.8 Å². The minimum absolute atomic E-state index is 0.100. The number of carbonyl (C=O) groups is 2. The third-order valence-electron chi connectivity index (χ3n) is 8.40. The second-order valence-corrected chi connectivity index (χ2v) is 15.0. The molecule has 0 bridgehead atoms. The highest BCUT2D eigenvalue weighted by Gasteiger charge is 2.40. The summed E-state index contributed by atoms with van der Waals surface area (Å²) >= 11 is 0. The first-order valence-electron chi connectivity index (χ1n) is 15.1. The molecule has 0 spiro atoms. The van der Waals surface area contributed by atoms with Gasteiger partial charge in [-0.25, -0.2) is 9.59 Å². The van der Waals surface area contributed by atoms with Gasteiger partial charge in [0.05, 0.1) is 11.1 Å². The molecule has 0 aliphatic carbocycles. The molecule has 0 radical (unpaired) electrons. The van der Waals surface area contributed by atoms with Crippen molar-refractivity contribution in [2.75, 3.05) is 0 Å². The van der Waals surface area contributed by atoms with E-state index >= 15 is 0 Å². The van der Waals surface area contributed by atoms with Gasteiger partial charge in [-0.1, -0.05) is 36.4 Å². The minimum Gasteiger partial charge on any atom is -0.459 e. The molecule has 0 atom stereocenters. The predicted octanol–water partition coefficient (Wildman–Crippen LogP) is 7.44. The molecule has 3 aromatic rings. The van der Waals surface area contributed by atoms with Crippen LogP contribution < -0.4 is 10.6 Å². The molecule has 0 saturated carbocycles.